The van der Waals surface area contributed by atoms with Crippen molar-refractivity contribution < 1.29 is 44.5 Å². The average molecular weight is 368 g/mol. The summed E-state index contributed by atoms with van der Waals surface area (Å²) in [6, 6.07) is 0. The molecule has 0 aromatic carbocycles. The molecular weight excluding hydrogens is 355 g/mol. The minimum Gasteiger partial charge on any atom is -0.569 e. The number of ether oxygens (including phenoxy) is 1. The first-order chi connectivity index (χ1) is 5.18. The molecule has 7 heteroatoms. The van der Waals surface area contributed by atoms with Crippen molar-refractivity contribution >= 4 is 7.60 Å². The first-order valence-electron chi connectivity index (χ1n) is 2.57. The second-order valence-electron chi connectivity index (χ2n) is 1.31. The Kier molecular flexibility index (Phi) is 18.2. The van der Waals surface area contributed by atoms with Crippen molar-refractivity contribution in [3.63, 3.8) is 0 Å². The number of hydrogen-bond donors (Lipinski definition) is 1. The van der Waals surface area contributed by atoms with E-state index < -0.39 is 7.60 Å². The molecule has 0 radical (unpaired) electrons. The zero-order chi connectivity index (χ0) is 9.33. The van der Waals surface area contributed by atoms with E-state index in [2.05, 4.69) is 28.0 Å². The van der Waals surface area contributed by atoms with Crippen LogP contribution in [0.25, 0.3) is 0 Å². The third-order valence-corrected chi connectivity index (χ3v) is 2.42. The molecule has 0 saturated heterocycles. The van der Waals surface area contributed by atoms with E-state index in [0.717, 1.165) is 0 Å². The Balaban J connectivity index is -0.000000249. The van der Waals surface area contributed by atoms with Crippen LogP contribution in [0, 0.1) is 14.2 Å². The van der Waals surface area contributed by atoms with Gasteiger partial charge in [-0.05, 0) is 0 Å². The monoisotopic (exact) mass is 368 g/mol. The molecule has 0 bridgehead atoms. The number of rotatable bonds is 4. The predicted molar refractivity (Wildman–Crippen MR) is 40.2 cm³/mol. The maximum absolute atomic E-state index is 10.9. The second kappa shape index (κ2) is 11.8. The largest absolute Gasteiger partial charge is 2.00 e. The number of aliphatic hydroxyl groups is 1. The molecule has 0 aliphatic rings. The summed E-state index contributed by atoms with van der Waals surface area (Å²) in [6.07, 6.45) is -0.111. The van der Waals surface area contributed by atoms with Gasteiger partial charge in [0.2, 0.25) is 0 Å². The molecular formula is C5H13O5PW. The van der Waals surface area contributed by atoms with Gasteiger partial charge >= 0.3 is 28.7 Å². The van der Waals surface area contributed by atoms with E-state index in [0.29, 0.717) is 0 Å². The molecule has 0 aliphatic heterocycles. The summed E-state index contributed by atoms with van der Waals surface area (Å²) in [7, 11) is 4.91. The van der Waals surface area contributed by atoms with Crippen molar-refractivity contribution in [1.29, 1.82) is 0 Å². The van der Waals surface area contributed by atoms with Crippen molar-refractivity contribution in [1.82, 2.24) is 0 Å². The van der Waals surface area contributed by atoms with Crippen LogP contribution >= 0.6 is 7.60 Å². The Hall–Kier alpha value is 0.758. The zero-order valence-corrected chi connectivity index (χ0v) is 10.9. The average Bonchev–Trinajstić information content (AvgIpc) is 2.08. The van der Waals surface area contributed by atoms with Crippen LogP contribution in [0.15, 0.2) is 0 Å². The van der Waals surface area contributed by atoms with Crippen molar-refractivity contribution in [2.24, 2.45) is 0 Å². The van der Waals surface area contributed by atoms with E-state index in [1.165, 1.54) is 14.2 Å². The van der Waals surface area contributed by atoms with Gasteiger partial charge in [0.25, 0.3) is 0 Å². The molecule has 12 heavy (non-hydrogen) atoms. The van der Waals surface area contributed by atoms with Gasteiger partial charge in [-0.1, -0.05) is 0 Å². The predicted octanol–water partition coefficient (Wildman–Crippen LogP) is 1.39. The molecule has 1 N–H and O–H groups in total. The first-order valence-corrected chi connectivity index (χ1v) is 4.30. The molecule has 0 unspecified atom stereocenters. The third kappa shape index (κ3) is 8.85. The van der Waals surface area contributed by atoms with Crippen molar-refractivity contribution in [3.05, 3.63) is 14.2 Å². The van der Waals surface area contributed by atoms with Gasteiger partial charge in [-0.3, -0.25) is 4.57 Å². The summed E-state index contributed by atoms with van der Waals surface area (Å²) in [6.45, 7) is 0. The van der Waals surface area contributed by atoms with E-state index in [4.69, 9.17) is 5.11 Å². The van der Waals surface area contributed by atoms with Crippen LogP contribution in [0.5, 0.6) is 0 Å². The summed E-state index contributed by atoms with van der Waals surface area (Å²) in [5.41, 5.74) is 0. The van der Waals surface area contributed by atoms with Crippen LogP contribution in [0.4, 0.5) is 0 Å². The minimum atomic E-state index is -2.97. The quantitative estimate of drug-likeness (QED) is 0.600. The normalized spacial score (nSPS) is 9.42. The summed E-state index contributed by atoms with van der Waals surface area (Å²) < 4.78 is 24.3. The fourth-order valence-corrected chi connectivity index (χ4v) is 0.875. The molecule has 0 aromatic rings. The SMILES string of the molecule is [CH2-]O.[CH2-]OCP(=O)(OC)OC.[W+2]. The van der Waals surface area contributed by atoms with Gasteiger partial charge in [0, 0.05) is 14.2 Å². The minimum absolute atomic E-state index is 0. The fourth-order valence-electron chi connectivity index (χ4n) is 0.292. The topological polar surface area (TPSA) is 65.0 Å². The van der Waals surface area contributed by atoms with Crippen molar-refractivity contribution in [2.45, 2.75) is 0 Å². The maximum atomic E-state index is 10.9. The summed E-state index contributed by atoms with van der Waals surface area (Å²) >= 11 is 0. The van der Waals surface area contributed by atoms with E-state index >= 15 is 0 Å². The molecule has 0 amide bonds. The fraction of sp³-hybridized carbons (Fsp3) is 0.600. The summed E-state index contributed by atoms with van der Waals surface area (Å²) in [5, 5.41) is 6.75. The molecule has 0 saturated carbocycles. The van der Waals surface area contributed by atoms with Gasteiger partial charge in [0.1, 0.15) is 6.35 Å². The zero-order valence-electron chi connectivity index (χ0n) is 7.06. The molecule has 0 aliphatic carbocycles. The van der Waals surface area contributed by atoms with Crippen LogP contribution in [0.1, 0.15) is 0 Å². The summed E-state index contributed by atoms with van der Waals surface area (Å²) in [4.78, 5) is 0. The second-order valence-corrected chi connectivity index (χ2v) is 3.52. The Bertz CT molecular complexity index is 112. The van der Waals surface area contributed by atoms with Gasteiger partial charge in [-0.2, -0.15) is 0 Å². The Morgan fingerprint density at radius 2 is 1.67 bits per heavy atom. The smallest absolute Gasteiger partial charge is 0.569 e. The standard InChI is InChI=1S/C4H10O4P.CH3O.W/c1-6-4-9(5,7-2)8-3;1-2;/h1,4H2,2-3H3;2H,1H2;/q2*-1;+2. The Morgan fingerprint density at radius 1 is 1.33 bits per heavy atom. The van der Waals surface area contributed by atoms with E-state index in [9.17, 15) is 4.57 Å². The third-order valence-electron chi connectivity index (χ3n) is 0.806. The van der Waals surface area contributed by atoms with Crippen LogP contribution in [-0.4, -0.2) is 25.7 Å². The van der Waals surface area contributed by atoms with E-state index in [1.54, 1.807) is 0 Å². The maximum Gasteiger partial charge on any atom is 2.00 e. The molecule has 0 heterocycles. The van der Waals surface area contributed by atoms with Crippen molar-refractivity contribution in [2.75, 3.05) is 20.6 Å². The Labute approximate surface area is 87.2 Å². The molecule has 0 spiro atoms. The molecule has 0 aromatic heterocycles. The van der Waals surface area contributed by atoms with Crippen LogP contribution in [0.3, 0.4) is 0 Å². The van der Waals surface area contributed by atoms with Gasteiger partial charge in [-0.15, -0.1) is 0 Å². The number of aliphatic hydroxyl groups excluding tert-OH is 1. The van der Waals surface area contributed by atoms with Crippen LogP contribution < -0.4 is 0 Å². The molecule has 5 nitrogen and oxygen atoms in total. The van der Waals surface area contributed by atoms with Gasteiger partial charge in [0.15, 0.2) is 0 Å². The van der Waals surface area contributed by atoms with Crippen LogP contribution in [0.2, 0.25) is 0 Å². The van der Waals surface area contributed by atoms with Crippen molar-refractivity contribution in [3.8, 4) is 0 Å². The first kappa shape index (κ1) is 18.5. The van der Waals surface area contributed by atoms with Crippen LogP contribution in [-0.2, 0) is 39.4 Å². The van der Waals surface area contributed by atoms with E-state index in [1.807, 2.05) is 0 Å². The molecule has 0 fully saturated rings. The number of hydrogen-bond acceptors (Lipinski definition) is 5. The Morgan fingerprint density at radius 3 is 1.75 bits per heavy atom. The van der Waals surface area contributed by atoms with Gasteiger partial charge in [0.05, 0.1) is 0 Å². The molecule has 0 rings (SSSR count). The van der Waals surface area contributed by atoms with E-state index in [-0.39, 0.29) is 27.4 Å². The molecule has 74 valence electrons. The molecule has 0 atom stereocenters. The summed E-state index contributed by atoms with van der Waals surface area (Å²) in [5.74, 6) is 0. The van der Waals surface area contributed by atoms with Gasteiger partial charge in [-0.25, -0.2) is 14.2 Å². The van der Waals surface area contributed by atoms with Gasteiger partial charge < -0.3 is 18.9 Å².